The minimum atomic E-state index is -0.708. The molecular weight excluding hydrogens is 166 g/mol. The van der Waals surface area contributed by atoms with Crippen molar-refractivity contribution in [1.82, 2.24) is 9.55 Å². The SMILES string of the molecule is CCn1cnc(C(O)C(C)(C)N)c1. The third kappa shape index (κ3) is 2.29. The van der Waals surface area contributed by atoms with Crippen molar-refractivity contribution in [3.8, 4) is 0 Å². The van der Waals surface area contributed by atoms with E-state index in [2.05, 4.69) is 4.98 Å². The Bertz CT molecular complexity index is 275. The quantitative estimate of drug-likeness (QED) is 0.724. The van der Waals surface area contributed by atoms with Gasteiger partial charge in [-0.25, -0.2) is 4.98 Å². The molecule has 1 unspecified atom stereocenters. The lowest BCUT2D eigenvalue weighted by Crippen LogP contribution is -2.39. The highest BCUT2D eigenvalue weighted by atomic mass is 16.3. The van der Waals surface area contributed by atoms with Crippen LogP contribution in [0.15, 0.2) is 12.5 Å². The fourth-order valence-corrected chi connectivity index (χ4v) is 1.07. The van der Waals surface area contributed by atoms with Crippen LogP contribution in [-0.2, 0) is 6.54 Å². The number of rotatable bonds is 3. The number of hydrogen-bond acceptors (Lipinski definition) is 3. The summed E-state index contributed by atoms with van der Waals surface area (Å²) in [4.78, 5) is 4.09. The van der Waals surface area contributed by atoms with Gasteiger partial charge >= 0.3 is 0 Å². The Hall–Kier alpha value is -0.870. The molecule has 0 amide bonds. The van der Waals surface area contributed by atoms with Gasteiger partial charge < -0.3 is 15.4 Å². The zero-order valence-electron chi connectivity index (χ0n) is 8.36. The van der Waals surface area contributed by atoms with E-state index in [1.165, 1.54) is 0 Å². The Kier molecular flexibility index (Phi) is 2.73. The standard InChI is InChI=1S/C9H17N3O/c1-4-12-5-7(11-6-12)8(13)9(2,3)10/h5-6,8,13H,4,10H2,1-3H3. The van der Waals surface area contributed by atoms with Gasteiger partial charge in [0.05, 0.1) is 12.0 Å². The normalized spacial score (nSPS) is 14.5. The van der Waals surface area contributed by atoms with E-state index < -0.39 is 11.6 Å². The molecule has 0 saturated carbocycles. The van der Waals surface area contributed by atoms with Gasteiger partial charge in [0.2, 0.25) is 0 Å². The second-order valence-electron chi connectivity index (χ2n) is 3.85. The molecule has 1 heterocycles. The zero-order valence-corrected chi connectivity index (χ0v) is 8.36. The Labute approximate surface area is 78.4 Å². The van der Waals surface area contributed by atoms with Crippen molar-refractivity contribution in [2.24, 2.45) is 5.73 Å². The number of aliphatic hydroxyl groups excluding tert-OH is 1. The number of nitrogens with zero attached hydrogens (tertiary/aromatic N) is 2. The number of nitrogens with two attached hydrogens (primary N) is 1. The van der Waals surface area contributed by atoms with Gasteiger partial charge in [0, 0.05) is 18.3 Å². The summed E-state index contributed by atoms with van der Waals surface area (Å²) in [6.07, 6.45) is 2.81. The average Bonchev–Trinajstić information content (AvgIpc) is 2.48. The summed E-state index contributed by atoms with van der Waals surface area (Å²) in [5.74, 6) is 0. The second-order valence-corrected chi connectivity index (χ2v) is 3.85. The topological polar surface area (TPSA) is 64.1 Å². The van der Waals surface area contributed by atoms with Crippen LogP contribution in [0.3, 0.4) is 0 Å². The van der Waals surface area contributed by atoms with Crippen molar-refractivity contribution in [3.05, 3.63) is 18.2 Å². The smallest absolute Gasteiger partial charge is 0.115 e. The summed E-state index contributed by atoms with van der Waals surface area (Å²) >= 11 is 0. The largest absolute Gasteiger partial charge is 0.385 e. The van der Waals surface area contributed by atoms with Crippen LogP contribution in [0, 0.1) is 0 Å². The van der Waals surface area contributed by atoms with E-state index in [1.807, 2.05) is 17.7 Å². The van der Waals surface area contributed by atoms with Gasteiger partial charge in [-0.2, -0.15) is 0 Å². The molecule has 4 nitrogen and oxygen atoms in total. The Morgan fingerprint density at radius 1 is 1.69 bits per heavy atom. The highest BCUT2D eigenvalue weighted by molar-refractivity contribution is 5.06. The lowest BCUT2D eigenvalue weighted by molar-refractivity contribution is 0.101. The number of imidazole rings is 1. The van der Waals surface area contributed by atoms with Crippen molar-refractivity contribution < 1.29 is 5.11 Å². The molecule has 3 N–H and O–H groups in total. The predicted molar refractivity (Wildman–Crippen MR) is 51.1 cm³/mol. The van der Waals surface area contributed by atoms with Gasteiger partial charge in [-0.15, -0.1) is 0 Å². The van der Waals surface area contributed by atoms with Gasteiger partial charge in [0.15, 0.2) is 0 Å². The van der Waals surface area contributed by atoms with Crippen molar-refractivity contribution in [1.29, 1.82) is 0 Å². The first kappa shape index (κ1) is 10.2. The summed E-state index contributed by atoms with van der Waals surface area (Å²) in [6.45, 7) is 6.43. The van der Waals surface area contributed by atoms with E-state index in [0.29, 0.717) is 5.69 Å². The first-order valence-electron chi connectivity index (χ1n) is 4.43. The molecule has 0 aliphatic rings. The summed E-state index contributed by atoms with van der Waals surface area (Å²) in [5.41, 5.74) is 5.75. The number of aryl methyl sites for hydroxylation is 1. The summed E-state index contributed by atoms with van der Waals surface area (Å²) in [5, 5.41) is 9.77. The van der Waals surface area contributed by atoms with Gasteiger partial charge in [-0.05, 0) is 20.8 Å². The van der Waals surface area contributed by atoms with Crippen LogP contribution in [0.25, 0.3) is 0 Å². The predicted octanol–water partition coefficient (Wildman–Crippen LogP) is 0.674. The average molecular weight is 183 g/mol. The van der Waals surface area contributed by atoms with Gasteiger partial charge in [-0.1, -0.05) is 0 Å². The van der Waals surface area contributed by atoms with Crippen molar-refractivity contribution >= 4 is 0 Å². The van der Waals surface area contributed by atoms with E-state index in [4.69, 9.17) is 5.73 Å². The fraction of sp³-hybridized carbons (Fsp3) is 0.667. The summed E-state index contributed by atoms with van der Waals surface area (Å²) in [6, 6.07) is 0. The molecule has 4 heteroatoms. The minimum Gasteiger partial charge on any atom is -0.385 e. The molecule has 1 aromatic heterocycles. The van der Waals surface area contributed by atoms with Gasteiger partial charge in [-0.3, -0.25) is 0 Å². The second kappa shape index (κ2) is 3.47. The lowest BCUT2D eigenvalue weighted by atomic mass is 9.97. The maximum atomic E-state index is 9.77. The highest BCUT2D eigenvalue weighted by Crippen LogP contribution is 2.21. The van der Waals surface area contributed by atoms with Crippen molar-refractivity contribution in [3.63, 3.8) is 0 Å². The van der Waals surface area contributed by atoms with Crippen LogP contribution < -0.4 is 5.73 Å². The van der Waals surface area contributed by atoms with Crippen LogP contribution in [0.1, 0.15) is 32.6 Å². The van der Waals surface area contributed by atoms with Crippen LogP contribution >= 0.6 is 0 Å². The molecule has 74 valence electrons. The van der Waals surface area contributed by atoms with Crippen LogP contribution in [-0.4, -0.2) is 20.2 Å². The molecule has 0 saturated heterocycles. The maximum absolute atomic E-state index is 9.77. The number of hydrogen-bond donors (Lipinski definition) is 2. The van der Waals surface area contributed by atoms with Gasteiger partial charge in [0.25, 0.3) is 0 Å². The van der Waals surface area contributed by atoms with Crippen molar-refractivity contribution in [2.45, 2.75) is 39.0 Å². The molecule has 1 aromatic rings. The van der Waals surface area contributed by atoms with Crippen LogP contribution in [0.5, 0.6) is 0 Å². The van der Waals surface area contributed by atoms with Crippen LogP contribution in [0.2, 0.25) is 0 Å². The molecular formula is C9H17N3O. The van der Waals surface area contributed by atoms with E-state index >= 15 is 0 Å². The highest BCUT2D eigenvalue weighted by Gasteiger charge is 2.26. The monoisotopic (exact) mass is 183 g/mol. The van der Waals surface area contributed by atoms with E-state index in [9.17, 15) is 5.11 Å². The molecule has 1 atom stereocenters. The molecule has 1 rings (SSSR count). The molecule has 0 bridgehead atoms. The van der Waals surface area contributed by atoms with Crippen molar-refractivity contribution in [2.75, 3.05) is 0 Å². The third-order valence-corrected chi connectivity index (χ3v) is 2.00. The Balaban J connectivity index is 2.83. The van der Waals surface area contributed by atoms with Crippen LogP contribution in [0.4, 0.5) is 0 Å². The lowest BCUT2D eigenvalue weighted by Gasteiger charge is -2.23. The van der Waals surface area contributed by atoms with E-state index in [-0.39, 0.29) is 0 Å². The number of aromatic nitrogens is 2. The van der Waals surface area contributed by atoms with E-state index in [1.54, 1.807) is 20.2 Å². The zero-order chi connectivity index (χ0) is 10.1. The molecule has 0 radical (unpaired) electrons. The molecule has 0 aliphatic heterocycles. The Morgan fingerprint density at radius 2 is 2.31 bits per heavy atom. The summed E-state index contributed by atoms with van der Waals surface area (Å²) in [7, 11) is 0. The molecule has 0 aromatic carbocycles. The molecule has 13 heavy (non-hydrogen) atoms. The first-order valence-corrected chi connectivity index (χ1v) is 4.43. The molecule has 0 spiro atoms. The maximum Gasteiger partial charge on any atom is 0.115 e. The third-order valence-electron chi connectivity index (χ3n) is 2.00. The fourth-order valence-electron chi connectivity index (χ4n) is 1.07. The summed E-state index contributed by atoms with van der Waals surface area (Å²) < 4.78 is 1.91. The molecule has 0 fully saturated rings. The van der Waals surface area contributed by atoms with E-state index in [0.717, 1.165) is 6.54 Å². The minimum absolute atomic E-state index is 0.634. The number of aliphatic hydroxyl groups is 1. The first-order chi connectivity index (χ1) is 5.95. The van der Waals surface area contributed by atoms with Gasteiger partial charge in [0.1, 0.15) is 6.10 Å². The molecule has 0 aliphatic carbocycles. The Morgan fingerprint density at radius 3 is 2.69 bits per heavy atom.